The van der Waals surface area contributed by atoms with Crippen LogP contribution in [0.1, 0.15) is 11.7 Å². The van der Waals surface area contributed by atoms with Crippen molar-refractivity contribution in [2.75, 3.05) is 0 Å². The van der Waals surface area contributed by atoms with E-state index in [0.29, 0.717) is 0 Å². The maximum Gasteiger partial charge on any atom is 0.188 e. The summed E-state index contributed by atoms with van der Waals surface area (Å²) in [5.41, 5.74) is 2.95. The van der Waals surface area contributed by atoms with Crippen molar-refractivity contribution >= 4 is 5.78 Å². The first-order valence-electron chi connectivity index (χ1n) is 6.45. The largest absolute Gasteiger partial charge is 0.365 e. The predicted octanol–water partition coefficient (Wildman–Crippen LogP) is 2.87. The van der Waals surface area contributed by atoms with Gasteiger partial charge in [0.1, 0.15) is 6.10 Å². The van der Waals surface area contributed by atoms with Crippen molar-refractivity contribution in [2.45, 2.75) is 12.4 Å². The lowest BCUT2D eigenvalue weighted by molar-refractivity contribution is -0.149. The van der Waals surface area contributed by atoms with E-state index in [-0.39, 0.29) is 5.78 Å². The molecule has 0 aliphatic carbocycles. The maximum atomic E-state index is 11.8. The summed E-state index contributed by atoms with van der Waals surface area (Å²) in [6, 6.07) is 17.6. The number of aliphatic hydroxyl groups is 1. The Balaban J connectivity index is 1.87. The lowest BCUT2D eigenvalue weighted by Crippen LogP contribution is -2.24. The third kappa shape index (κ3) is 2.54. The number of ether oxygens (including phenoxy) is 1. The summed E-state index contributed by atoms with van der Waals surface area (Å²) in [6.45, 7) is 0. The fourth-order valence-corrected chi connectivity index (χ4v) is 2.24. The summed E-state index contributed by atoms with van der Waals surface area (Å²) in [6.07, 6.45) is 0.965. The van der Waals surface area contributed by atoms with Gasteiger partial charge in [0.25, 0.3) is 0 Å². The van der Waals surface area contributed by atoms with E-state index in [1.54, 1.807) is 0 Å². The van der Waals surface area contributed by atoms with E-state index in [1.165, 1.54) is 12.2 Å². The molecule has 1 N–H and O–H groups in total. The van der Waals surface area contributed by atoms with Gasteiger partial charge < -0.3 is 9.84 Å². The summed E-state index contributed by atoms with van der Waals surface area (Å²) in [7, 11) is 0. The molecule has 0 aromatic heterocycles. The topological polar surface area (TPSA) is 46.5 Å². The lowest BCUT2D eigenvalue weighted by Gasteiger charge is -2.21. The molecule has 1 heterocycles. The van der Waals surface area contributed by atoms with Gasteiger partial charge >= 0.3 is 0 Å². The molecule has 2 aromatic rings. The van der Waals surface area contributed by atoms with E-state index in [2.05, 4.69) is 0 Å². The molecule has 2 aromatic carbocycles. The van der Waals surface area contributed by atoms with Gasteiger partial charge in [0.05, 0.1) is 0 Å². The number of rotatable bonds is 2. The van der Waals surface area contributed by atoms with Crippen molar-refractivity contribution < 1.29 is 14.6 Å². The monoisotopic (exact) mass is 266 g/mol. The van der Waals surface area contributed by atoms with Crippen molar-refractivity contribution in [3.8, 4) is 11.1 Å². The van der Waals surface area contributed by atoms with Crippen LogP contribution in [0, 0.1) is 0 Å². The van der Waals surface area contributed by atoms with Gasteiger partial charge in [-0.15, -0.1) is 0 Å². The summed E-state index contributed by atoms with van der Waals surface area (Å²) < 4.78 is 5.25. The Kier molecular flexibility index (Phi) is 3.46. The molecule has 0 unspecified atom stereocenters. The van der Waals surface area contributed by atoms with E-state index in [0.717, 1.165) is 16.7 Å². The Labute approximate surface area is 117 Å². The molecule has 3 heteroatoms. The Bertz CT molecular complexity index is 629. The highest BCUT2D eigenvalue weighted by atomic mass is 16.6. The fourth-order valence-electron chi connectivity index (χ4n) is 2.24. The van der Waals surface area contributed by atoms with Gasteiger partial charge in [0, 0.05) is 0 Å². The van der Waals surface area contributed by atoms with Crippen molar-refractivity contribution in [1.82, 2.24) is 0 Å². The zero-order chi connectivity index (χ0) is 13.9. The molecule has 0 fully saturated rings. The number of carbonyl (C=O) groups excluding carboxylic acids is 1. The second kappa shape index (κ2) is 5.41. The first-order chi connectivity index (χ1) is 9.74. The number of hydrogen-bond acceptors (Lipinski definition) is 3. The smallest absolute Gasteiger partial charge is 0.188 e. The van der Waals surface area contributed by atoms with Gasteiger partial charge in [0.2, 0.25) is 0 Å². The van der Waals surface area contributed by atoms with Crippen LogP contribution in [-0.4, -0.2) is 17.2 Å². The van der Waals surface area contributed by atoms with Crippen LogP contribution in [0.25, 0.3) is 11.1 Å². The van der Waals surface area contributed by atoms with E-state index >= 15 is 0 Å². The van der Waals surface area contributed by atoms with Crippen LogP contribution >= 0.6 is 0 Å². The van der Waals surface area contributed by atoms with Gasteiger partial charge in [-0.1, -0.05) is 54.6 Å². The zero-order valence-electron chi connectivity index (χ0n) is 10.8. The average molecular weight is 266 g/mol. The van der Waals surface area contributed by atoms with E-state index < -0.39 is 12.4 Å². The van der Waals surface area contributed by atoms with Crippen LogP contribution < -0.4 is 0 Å². The molecule has 0 saturated heterocycles. The fraction of sp³-hybridized carbons (Fsp3) is 0.118. The summed E-state index contributed by atoms with van der Waals surface area (Å²) >= 11 is 0. The molecule has 0 radical (unpaired) electrons. The number of hydrogen-bond donors (Lipinski definition) is 1. The highest BCUT2D eigenvalue weighted by Gasteiger charge is 2.25. The van der Waals surface area contributed by atoms with Crippen molar-refractivity contribution in [2.24, 2.45) is 0 Å². The molecule has 100 valence electrons. The molecule has 0 spiro atoms. The van der Waals surface area contributed by atoms with E-state index in [1.807, 2.05) is 54.6 Å². The van der Waals surface area contributed by atoms with Crippen LogP contribution in [0.4, 0.5) is 0 Å². The standard InChI is InChI=1S/C17H14O3/c18-15-10-11-16(19)20-17(15)14-8-6-13(7-9-14)12-4-2-1-3-5-12/h1-11,16-17,19H/t16-,17+/m1/s1. The highest BCUT2D eigenvalue weighted by Crippen LogP contribution is 2.27. The third-order valence-electron chi connectivity index (χ3n) is 3.28. The minimum Gasteiger partial charge on any atom is -0.365 e. The van der Waals surface area contributed by atoms with Crippen LogP contribution in [0.5, 0.6) is 0 Å². The van der Waals surface area contributed by atoms with E-state index in [4.69, 9.17) is 4.74 Å². The molecule has 0 saturated carbocycles. The third-order valence-corrected chi connectivity index (χ3v) is 3.28. The van der Waals surface area contributed by atoms with Crippen LogP contribution in [0.15, 0.2) is 66.7 Å². The van der Waals surface area contributed by atoms with Gasteiger partial charge in [-0.05, 0) is 28.8 Å². The van der Waals surface area contributed by atoms with Crippen molar-refractivity contribution in [3.63, 3.8) is 0 Å². The maximum absolute atomic E-state index is 11.8. The molecule has 0 amide bonds. The molecule has 3 rings (SSSR count). The Morgan fingerprint density at radius 1 is 0.900 bits per heavy atom. The molecule has 1 aliphatic rings. The molecular weight excluding hydrogens is 252 g/mol. The number of carbonyl (C=O) groups is 1. The van der Waals surface area contributed by atoms with Gasteiger partial charge in [-0.25, -0.2) is 0 Å². The summed E-state index contributed by atoms with van der Waals surface area (Å²) in [5, 5.41) is 9.43. The number of ketones is 1. The second-order valence-electron chi connectivity index (χ2n) is 4.66. The first-order valence-corrected chi connectivity index (χ1v) is 6.45. The van der Waals surface area contributed by atoms with Crippen LogP contribution in [0.3, 0.4) is 0 Å². The number of aliphatic hydroxyl groups excluding tert-OH is 1. The number of benzene rings is 2. The molecule has 2 atom stereocenters. The Morgan fingerprint density at radius 3 is 2.25 bits per heavy atom. The zero-order valence-corrected chi connectivity index (χ0v) is 10.8. The summed E-state index contributed by atoms with van der Waals surface area (Å²) in [4.78, 5) is 11.8. The lowest BCUT2D eigenvalue weighted by atomic mass is 9.99. The van der Waals surface area contributed by atoms with Gasteiger partial charge in [0.15, 0.2) is 12.1 Å². The predicted molar refractivity (Wildman–Crippen MR) is 75.9 cm³/mol. The van der Waals surface area contributed by atoms with Crippen molar-refractivity contribution in [3.05, 3.63) is 72.3 Å². The molecule has 0 bridgehead atoms. The van der Waals surface area contributed by atoms with E-state index in [9.17, 15) is 9.90 Å². The quantitative estimate of drug-likeness (QED) is 0.909. The molecule has 1 aliphatic heterocycles. The Hall–Kier alpha value is -2.23. The summed E-state index contributed by atoms with van der Waals surface area (Å²) in [5.74, 6) is -0.150. The van der Waals surface area contributed by atoms with Crippen LogP contribution in [-0.2, 0) is 9.53 Å². The minimum absolute atomic E-state index is 0.150. The minimum atomic E-state index is -1.02. The first kappa shape index (κ1) is 12.8. The second-order valence-corrected chi connectivity index (χ2v) is 4.66. The average Bonchev–Trinajstić information content (AvgIpc) is 2.51. The SMILES string of the molecule is O=C1C=C[C@H](O)O[C@H]1c1ccc(-c2ccccc2)cc1. The molecule has 3 nitrogen and oxygen atoms in total. The van der Waals surface area contributed by atoms with Gasteiger partial charge in [-0.3, -0.25) is 4.79 Å². The van der Waals surface area contributed by atoms with Crippen LogP contribution in [0.2, 0.25) is 0 Å². The van der Waals surface area contributed by atoms with Gasteiger partial charge in [-0.2, -0.15) is 0 Å². The Morgan fingerprint density at radius 2 is 1.55 bits per heavy atom. The normalized spacial score (nSPS) is 21.9. The van der Waals surface area contributed by atoms with Crippen molar-refractivity contribution in [1.29, 1.82) is 0 Å². The molecule has 20 heavy (non-hydrogen) atoms. The highest BCUT2D eigenvalue weighted by molar-refractivity contribution is 5.95. The molecular formula is C17H14O3.